The van der Waals surface area contributed by atoms with Crippen molar-refractivity contribution in [1.82, 2.24) is 0 Å². The summed E-state index contributed by atoms with van der Waals surface area (Å²) >= 11 is 0. The van der Waals surface area contributed by atoms with E-state index in [0.29, 0.717) is 0 Å². The Morgan fingerprint density at radius 3 is 2.67 bits per heavy atom. The van der Waals surface area contributed by atoms with E-state index in [-0.39, 0.29) is 16.5 Å². The van der Waals surface area contributed by atoms with Gasteiger partial charge < -0.3 is 9.52 Å². The number of halogens is 2. The van der Waals surface area contributed by atoms with Crippen molar-refractivity contribution in [3.05, 3.63) is 35.6 Å². The van der Waals surface area contributed by atoms with E-state index in [4.69, 9.17) is 9.52 Å². The van der Waals surface area contributed by atoms with Gasteiger partial charge in [-0.05, 0) is 12.1 Å². The van der Waals surface area contributed by atoms with Crippen LogP contribution in [-0.2, 0) is 11.2 Å². The molecule has 5 heteroatoms. The second-order valence-corrected chi connectivity index (χ2v) is 3.06. The lowest BCUT2D eigenvalue weighted by Gasteiger charge is -1.95. The van der Waals surface area contributed by atoms with Gasteiger partial charge in [0.05, 0.1) is 18.1 Å². The standard InChI is InChI=1S/C10H6F2O3/c11-6-1-2-7(12)10-9(6)5(4-15-10)3-8(13)14/h1-2,4H,3H2,(H,13,14). The molecule has 2 aromatic rings. The normalized spacial score (nSPS) is 10.8. The Bertz CT molecular complexity index is 531. The lowest BCUT2D eigenvalue weighted by molar-refractivity contribution is -0.136. The van der Waals surface area contributed by atoms with Crippen LogP contribution in [0.4, 0.5) is 8.78 Å². The van der Waals surface area contributed by atoms with E-state index in [1.54, 1.807) is 0 Å². The SMILES string of the molecule is O=C(O)Cc1coc2c(F)ccc(F)c12. The maximum absolute atomic E-state index is 13.3. The van der Waals surface area contributed by atoms with E-state index in [2.05, 4.69) is 0 Å². The van der Waals surface area contributed by atoms with Crippen LogP contribution in [0.2, 0.25) is 0 Å². The quantitative estimate of drug-likeness (QED) is 0.831. The zero-order valence-corrected chi connectivity index (χ0v) is 7.46. The number of fused-ring (bicyclic) bond motifs is 1. The van der Waals surface area contributed by atoms with Crippen molar-refractivity contribution in [2.45, 2.75) is 6.42 Å². The molecule has 0 spiro atoms. The highest BCUT2D eigenvalue weighted by Crippen LogP contribution is 2.26. The first-order chi connectivity index (χ1) is 7.09. The van der Waals surface area contributed by atoms with Crippen LogP contribution in [0.3, 0.4) is 0 Å². The molecule has 0 saturated heterocycles. The summed E-state index contributed by atoms with van der Waals surface area (Å²) in [6.07, 6.45) is 0.665. The van der Waals surface area contributed by atoms with Gasteiger partial charge >= 0.3 is 5.97 Å². The van der Waals surface area contributed by atoms with Crippen molar-refractivity contribution in [2.75, 3.05) is 0 Å². The van der Waals surface area contributed by atoms with Crippen molar-refractivity contribution < 1.29 is 23.1 Å². The molecule has 0 bridgehead atoms. The first kappa shape index (κ1) is 9.64. The number of rotatable bonds is 2. The van der Waals surface area contributed by atoms with Gasteiger partial charge in [-0.15, -0.1) is 0 Å². The Kier molecular flexibility index (Phi) is 2.15. The second-order valence-electron chi connectivity index (χ2n) is 3.06. The van der Waals surface area contributed by atoms with Gasteiger partial charge in [0.25, 0.3) is 0 Å². The molecule has 1 N–H and O–H groups in total. The molecule has 0 unspecified atom stereocenters. The molecule has 0 aliphatic carbocycles. The molecule has 0 aliphatic rings. The summed E-state index contributed by atoms with van der Waals surface area (Å²) in [5, 5.41) is 8.45. The van der Waals surface area contributed by atoms with Crippen LogP contribution in [0.15, 0.2) is 22.8 Å². The number of aliphatic carboxylic acids is 1. The van der Waals surface area contributed by atoms with E-state index in [1.165, 1.54) is 0 Å². The largest absolute Gasteiger partial charge is 0.481 e. The predicted molar refractivity (Wildman–Crippen MR) is 47.5 cm³/mol. The molecule has 2 rings (SSSR count). The molecule has 1 heterocycles. The lowest BCUT2D eigenvalue weighted by Crippen LogP contribution is -1.99. The molecule has 0 radical (unpaired) electrons. The summed E-state index contributed by atoms with van der Waals surface area (Å²) < 4.78 is 31.2. The number of carboxylic acids is 1. The van der Waals surface area contributed by atoms with Crippen LogP contribution in [-0.4, -0.2) is 11.1 Å². The van der Waals surface area contributed by atoms with Crippen molar-refractivity contribution in [3.8, 4) is 0 Å². The van der Waals surface area contributed by atoms with Crippen molar-refractivity contribution in [1.29, 1.82) is 0 Å². The molecular formula is C10H6F2O3. The number of carboxylic acid groups (broad SMARTS) is 1. The molecule has 0 atom stereocenters. The summed E-state index contributed by atoms with van der Waals surface area (Å²) in [6, 6.07) is 1.88. The van der Waals surface area contributed by atoms with Gasteiger partial charge in [0.2, 0.25) is 0 Å². The minimum Gasteiger partial charge on any atom is -0.481 e. The topological polar surface area (TPSA) is 50.4 Å². The lowest BCUT2D eigenvalue weighted by atomic mass is 10.1. The van der Waals surface area contributed by atoms with Crippen molar-refractivity contribution in [2.24, 2.45) is 0 Å². The fourth-order valence-electron chi connectivity index (χ4n) is 1.43. The van der Waals surface area contributed by atoms with Crippen LogP contribution in [0, 0.1) is 11.6 Å². The Morgan fingerprint density at radius 1 is 1.33 bits per heavy atom. The van der Waals surface area contributed by atoms with Crippen LogP contribution in [0.5, 0.6) is 0 Å². The highest BCUT2D eigenvalue weighted by atomic mass is 19.1. The van der Waals surface area contributed by atoms with E-state index in [9.17, 15) is 13.6 Å². The Hall–Kier alpha value is -1.91. The zero-order valence-electron chi connectivity index (χ0n) is 7.46. The smallest absolute Gasteiger partial charge is 0.307 e. The van der Waals surface area contributed by atoms with Crippen LogP contribution >= 0.6 is 0 Å². The van der Waals surface area contributed by atoms with Crippen LogP contribution in [0.25, 0.3) is 11.0 Å². The summed E-state index contributed by atoms with van der Waals surface area (Å²) in [5.74, 6) is -2.51. The Labute approximate surface area is 82.9 Å². The molecule has 0 fully saturated rings. The monoisotopic (exact) mass is 212 g/mol. The summed E-state index contributed by atoms with van der Waals surface area (Å²) in [5.41, 5.74) is -0.110. The Balaban J connectivity index is 2.67. The summed E-state index contributed by atoms with van der Waals surface area (Å²) in [6.45, 7) is 0. The predicted octanol–water partition coefficient (Wildman–Crippen LogP) is 2.34. The summed E-state index contributed by atoms with van der Waals surface area (Å²) in [4.78, 5) is 10.4. The summed E-state index contributed by atoms with van der Waals surface area (Å²) in [7, 11) is 0. The molecule has 78 valence electrons. The van der Waals surface area contributed by atoms with E-state index in [1.807, 2.05) is 0 Å². The first-order valence-electron chi connectivity index (χ1n) is 4.15. The van der Waals surface area contributed by atoms with Gasteiger partial charge in [-0.25, -0.2) is 8.78 Å². The fraction of sp³-hybridized carbons (Fsp3) is 0.100. The average molecular weight is 212 g/mol. The molecule has 1 aromatic heterocycles. The van der Waals surface area contributed by atoms with Gasteiger partial charge in [-0.2, -0.15) is 0 Å². The van der Waals surface area contributed by atoms with Crippen LogP contribution < -0.4 is 0 Å². The Morgan fingerprint density at radius 2 is 2.00 bits per heavy atom. The third kappa shape index (κ3) is 1.56. The zero-order chi connectivity index (χ0) is 11.0. The number of furan rings is 1. The highest BCUT2D eigenvalue weighted by molar-refractivity contribution is 5.86. The van der Waals surface area contributed by atoms with Gasteiger partial charge in [-0.3, -0.25) is 4.79 Å². The first-order valence-corrected chi connectivity index (χ1v) is 4.15. The van der Waals surface area contributed by atoms with Gasteiger partial charge in [0.1, 0.15) is 5.82 Å². The van der Waals surface area contributed by atoms with E-state index in [0.717, 1.165) is 18.4 Å². The maximum Gasteiger partial charge on any atom is 0.307 e. The van der Waals surface area contributed by atoms with E-state index < -0.39 is 24.0 Å². The molecule has 0 amide bonds. The van der Waals surface area contributed by atoms with Crippen molar-refractivity contribution in [3.63, 3.8) is 0 Å². The molecule has 0 aliphatic heterocycles. The van der Waals surface area contributed by atoms with Crippen LogP contribution in [0.1, 0.15) is 5.56 Å². The number of hydrogen-bond acceptors (Lipinski definition) is 2. The average Bonchev–Trinajstić information content (AvgIpc) is 2.56. The number of hydrogen-bond donors (Lipinski definition) is 1. The molecular weight excluding hydrogens is 206 g/mol. The molecule has 1 aromatic carbocycles. The minimum absolute atomic E-state index is 0.0996. The van der Waals surface area contributed by atoms with E-state index >= 15 is 0 Å². The van der Waals surface area contributed by atoms with Gasteiger partial charge in [0, 0.05) is 5.56 Å². The third-order valence-corrected chi connectivity index (χ3v) is 2.04. The fourth-order valence-corrected chi connectivity index (χ4v) is 1.43. The van der Waals surface area contributed by atoms with Crippen molar-refractivity contribution >= 4 is 16.9 Å². The van der Waals surface area contributed by atoms with Gasteiger partial charge in [0.15, 0.2) is 11.4 Å². The third-order valence-electron chi connectivity index (χ3n) is 2.04. The highest BCUT2D eigenvalue weighted by Gasteiger charge is 2.16. The molecule has 0 saturated carbocycles. The molecule has 15 heavy (non-hydrogen) atoms. The minimum atomic E-state index is -1.12. The van der Waals surface area contributed by atoms with Gasteiger partial charge in [-0.1, -0.05) is 0 Å². The number of benzene rings is 1. The second kappa shape index (κ2) is 3.34. The maximum atomic E-state index is 13.3. The number of carbonyl (C=O) groups is 1. The molecule has 3 nitrogen and oxygen atoms in total.